The molecule has 0 spiro atoms. The fraction of sp³-hybridized carbons (Fsp3) is 0.158. The van der Waals surface area contributed by atoms with Gasteiger partial charge in [0.25, 0.3) is 5.91 Å². The molecule has 2 rings (SSSR count). The highest BCUT2D eigenvalue weighted by Crippen LogP contribution is 2.14. The summed E-state index contributed by atoms with van der Waals surface area (Å²) >= 11 is 0. The van der Waals surface area contributed by atoms with Crippen LogP contribution in [0.5, 0.6) is 0 Å². The van der Waals surface area contributed by atoms with Crippen LogP contribution in [0.2, 0.25) is 0 Å². The Kier molecular flexibility index (Phi) is 5.54. The molecular weight excluding hydrogens is 286 g/mol. The molecule has 0 saturated heterocycles. The molecule has 0 aliphatic heterocycles. The van der Waals surface area contributed by atoms with Gasteiger partial charge in [0.05, 0.1) is 6.04 Å². The second kappa shape index (κ2) is 7.81. The van der Waals surface area contributed by atoms with Crippen LogP contribution in [0.25, 0.3) is 0 Å². The monoisotopic (exact) mass is 305 g/mol. The van der Waals surface area contributed by atoms with Crippen LogP contribution >= 0.6 is 0 Å². The van der Waals surface area contributed by atoms with Crippen molar-refractivity contribution < 1.29 is 4.79 Å². The minimum absolute atomic E-state index is 0.0380. The molecule has 2 aromatic carbocycles. The number of aryl methyl sites for hydroxylation is 1. The Morgan fingerprint density at radius 2 is 1.78 bits per heavy atom. The summed E-state index contributed by atoms with van der Waals surface area (Å²) < 4.78 is 0. The fourth-order valence-corrected chi connectivity index (χ4v) is 2.13. The first kappa shape index (κ1) is 16.3. The van der Waals surface area contributed by atoms with E-state index in [4.69, 9.17) is 0 Å². The van der Waals surface area contributed by atoms with Crippen molar-refractivity contribution in [2.24, 2.45) is 0 Å². The molecule has 0 aliphatic rings. The van der Waals surface area contributed by atoms with E-state index < -0.39 is 5.91 Å². The first-order chi connectivity index (χ1) is 11.1. The number of hydrogen-bond acceptors (Lipinski definition) is 3. The number of para-hydroxylation sites is 1. The standard InChI is InChI=1S/C19H19N3O/c1-14-8-6-7-11-18(14)21-13-17(12-20)19(23)22-15(2)16-9-4-3-5-10-16/h3-11,13,15,21H,1-2H3,(H,22,23)/b17-13-. The lowest BCUT2D eigenvalue weighted by Gasteiger charge is -2.14. The van der Waals surface area contributed by atoms with Crippen molar-refractivity contribution >= 4 is 11.6 Å². The molecule has 1 atom stereocenters. The Morgan fingerprint density at radius 3 is 2.43 bits per heavy atom. The largest absolute Gasteiger partial charge is 0.360 e. The summed E-state index contributed by atoms with van der Waals surface area (Å²) in [6.07, 6.45) is 1.44. The highest BCUT2D eigenvalue weighted by atomic mass is 16.1. The number of nitrogens with one attached hydrogen (secondary N) is 2. The average molecular weight is 305 g/mol. The molecule has 1 unspecified atom stereocenters. The summed E-state index contributed by atoms with van der Waals surface area (Å²) in [5.74, 6) is -0.398. The number of carbonyl (C=O) groups excluding carboxylic acids is 1. The number of benzene rings is 2. The van der Waals surface area contributed by atoms with Gasteiger partial charge in [-0.3, -0.25) is 4.79 Å². The molecule has 4 heteroatoms. The minimum atomic E-state index is -0.398. The quantitative estimate of drug-likeness (QED) is 0.654. The van der Waals surface area contributed by atoms with E-state index in [0.717, 1.165) is 16.8 Å². The van der Waals surface area contributed by atoms with Crippen molar-refractivity contribution in [1.82, 2.24) is 5.32 Å². The van der Waals surface area contributed by atoms with Crippen LogP contribution in [0.15, 0.2) is 66.4 Å². The molecule has 2 aromatic rings. The van der Waals surface area contributed by atoms with Gasteiger partial charge in [-0.15, -0.1) is 0 Å². The number of amides is 1. The van der Waals surface area contributed by atoms with E-state index in [0.29, 0.717) is 0 Å². The molecule has 0 aliphatic carbocycles. The smallest absolute Gasteiger partial charge is 0.263 e. The molecule has 4 nitrogen and oxygen atoms in total. The van der Waals surface area contributed by atoms with Gasteiger partial charge in [0.1, 0.15) is 11.6 Å². The van der Waals surface area contributed by atoms with Gasteiger partial charge in [0.2, 0.25) is 0 Å². The Morgan fingerprint density at radius 1 is 1.13 bits per heavy atom. The highest BCUT2D eigenvalue weighted by molar-refractivity contribution is 5.97. The van der Waals surface area contributed by atoms with Gasteiger partial charge in [0.15, 0.2) is 0 Å². The van der Waals surface area contributed by atoms with Crippen LogP contribution in [0.4, 0.5) is 5.69 Å². The van der Waals surface area contributed by atoms with Crippen LogP contribution < -0.4 is 10.6 Å². The normalized spacial score (nSPS) is 12.1. The molecule has 0 radical (unpaired) electrons. The van der Waals surface area contributed by atoms with E-state index in [1.807, 2.05) is 74.5 Å². The van der Waals surface area contributed by atoms with Gasteiger partial charge >= 0.3 is 0 Å². The zero-order valence-electron chi connectivity index (χ0n) is 13.2. The number of rotatable bonds is 5. The molecular formula is C19H19N3O. The summed E-state index contributed by atoms with van der Waals surface area (Å²) in [4.78, 5) is 12.2. The number of carbonyl (C=O) groups is 1. The predicted octanol–water partition coefficient (Wildman–Crippen LogP) is 3.69. The number of hydrogen-bond donors (Lipinski definition) is 2. The molecule has 0 bridgehead atoms. The van der Waals surface area contributed by atoms with Gasteiger partial charge in [-0.2, -0.15) is 5.26 Å². The number of nitriles is 1. The van der Waals surface area contributed by atoms with Gasteiger partial charge in [-0.25, -0.2) is 0 Å². The van der Waals surface area contributed by atoms with Crippen LogP contribution in [0, 0.1) is 18.3 Å². The average Bonchev–Trinajstić information content (AvgIpc) is 2.57. The van der Waals surface area contributed by atoms with Crippen LogP contribution in [-0.4, -0.2) is 5.91 Å². The van der Waals surface area contributed by atoms with Gasteiger partial charge in [-0.1, -0.05) is 48.5 Å². The summed E-state index contributed by atoms with van der Waals surface area (Å²) in [6.45, 7) is 3.84. The second-order valence-corrected chi connectivity index (χ2v) is 5.23. The van der Waals surface area contributed by atoms with Crippen molar-refractivity contribution in [1.29, 1.82) is 5.26 Å². The maximum absolute atomic E-state index is 12.2. The first-order valence-electron chi connectivity index (χ1n) is 7.40. The maximum Gasteiger partial charge on any atom is 0.263 e. The van der Waals surface area contributed by atoms with Crippen molar-refractivity contribution in [2.75, 3.05) is 5.32 Å². The molecule has 0 heterocycles. The molecule has 0 fully saturated rings. The van der Waals surface area contributed by atoms with Crippen molar-refractivity contribution in [2.45, 2.75) is 19.9 Å². The molecule has 116 valence electrons. The zero-order chi connectivity index (χ0) is 16.7. The van der Waals surface area contributed by atoms with Crippen molar-refractivity contribution in [3.05, 3.63) is 77.5 Å². The topological polar surface area (TPSA) is 64.9 Å². The first-order valence-corrected chi connectivity index (χ1v) is 7.40. The molecule has 0 saturated carbocycles. The van der Waals surface area contributed by atoms with E-state index in [9.17, 15) is 10.1 Å². The van der Waals surface area contributed by atoms with E-state index >= 15 is 0 Å². The molecule has 2 N–H and O–H groups in total. The number of nitrogens with zero attached hydrogens (tertiary/aromatic N) is 1. The third-order valence-corrected chi connectivity index (χ3v) is 3.53. The lowest BCUT2D eigenvalue weighted by molar-refractivity contribution is -0.117. The fourth-order valence-electron chi connectivity index (χ4n) is 2.13. The van der Waals surface area contributed by atoms with Crippen molar-refractivity contribution in [3.63, 3.8) is 0 Å². The van der Waals surface area contributed by atoms with E-state index in [-0.39, 0.29) is 11.6 Å². The lowest BCUT2D eigenvalue weighted by atomic mass is 10.1. The maximum atomic E-state index is 12.2. The van der Waals surface area contributed by atoms with Crippen molar-refractivity contribution in [3.8, 4) is 6.07 Å². The summed E-state index contributed by atoms with van der Waals surface area (Å²) in [5, 5.41) is 15.0. The van der Waals surface area contributed by atoms with Crippen LogP contribution in [0.3, 0.4) is 0 Å². The summed E-state index contributed by atoms with van der Waals surface area (Å²) in [5.41, 5.74) is 2.93. The molecule has 0 aromatic heterocycles. The van der Waals surface area contributed by atoms with E-state index in [1.165, 1.54) is 6.20 Å². The summed E-state index contributed by atoms with van der Waals surface area (Å²) in [6, 6.07) is 19.1. The van der Waals surface area contributed by atoms with Gasteiger partial charge < -0.3 is 10.6 Å². The predicted molar refractivity (Wildman–Crippen MR) is 91.5 cm³/mol. The Balaban J connectivity index is 2.05. The third-order valence-electron chi connectivity index (χ3n) is 3.53. The van der Waals surface area contributed by atoms with Gasteiger partial charge in [0, 0.05) is 11.9 Å². The second-order valence-electron chi connectivity index (χ2n) is 5.23. The van der Waals surface area contributed by atoms with Crippen LogP contribution in [-0.2, 0) is 4.79 Å². The SMILES string of the molecule is Cc1ccccc1N/C=C(/C#N)C(=O)NC(C)c1ccccc1. The molecule has 23 heavy (non-hydrogen) atoms. The molecule has 1 amide bonds. The lowest BCUT2D eigenvalue weighted by Crippen LogP contribution is -2.28. The van der Waals surface area contributed by atoms with E-state index in [2.05, 4.69) is 10.6 Å². The third kappa shape index (κ3) is 4.45. The Hall–Kier alpha value is -3.06. The van der Waals surface area contributed by atoms with E-state index in [1.54, 1.807) is 0 Å². The van der Waals surface area contributed by atoms with Crippen LogP contribution in [0.1, 0.15) is 24.1 Å². The zero-order valence-corrected chi connectivity index (χ0v) is 13.2. The minimum Gasteiger partial charge on any atom is -0.360 e. The highest BCUT2D eigenvalue weighted by Gasteiger charge is 2.13. The summed E-state index contributed by atoms with van der Waals surface area (Å²) in [7, 11) is 0. The number of anilines is 1. The van der Waals surface area contributed by atoms with Gasteiger partial charge in [-0.05, 0) is 31.0 Å². The Labute approximate surface area is 136 Å². The Bertz CT molecular complexity index is 745.